The van der Waals surface area contributed by atoms with Gasteiger partial charge in [0.25, 0.3) is 5.91 Å². The number of benzene rings is 2. The Morgan fingerprint density at radius 2 is 1.79 bits per heavy atom. The zero-order valence-electron chi connectivity index (χ0n) is 14.6. The number of amides is 1. The van der Waals surface area contributed by atoms with Crippen LogP contribution in [0.3, 0.4) is 0 Å². The lowest BCUT2D eigenvalue weighted by Crippen LogP contribution is -2.48. The van der Waals surface area contributed by atoms with Crippen LogP contribution in [0, 0.1) is 0 Å². The number of carboxylic acids is 1. The lowest BCUT2D eigenvalue weighted by molar-refractivity contribution is -0.148. The van der Waals surface area contributed by atoms with Crippen LogP contribution in [0.5, 0.6) is 0 Å². The molecule has 2 aromatic carbocycles. The Balaban J connectivity index is 1.78. The number of oxazole rings is 1. The number of aliphatic hydroxyl groups is 1. The maximum absolute atomic E-state index is 12.5. The summed E-state index contributed by atoms with van der Waals surface area (Å²) < 4.78 is 5.47. The summed E-state index contributed by atoms with van der Waals surface area (Å²) in [6.07, 6.45) is -0.549. The van der Waals surface area contributed by atoms with Gasteiger partial charge in [-0.2, -0.15) is 0 Å². The maximum atomic E-state index is 12.5. The molecular weight excluding hydrogens is 384 g/mol. The molecule has 0 radical (unpaired) electrons. The molecule has 3 rings (SSSR count). The van der Waals surface area contributed by atoms with Gasteiger partial charge in [0.1, 0.15) is 0 Å². The van der Waals surface area contributed by atoms with E-state index in [1.165, 1.54) is 6.20 Å². The van der Waals surface area contributed by atoms with Crippen LogP contribution in [-0.4, -0.2) is 39.2 Å². The van der Waals surface area contributed by atoms with Crippen LogP contribution in [0.4, 0.5) is 0 Å². The highest BCUT2D eigenvalue weighted by atomic mass is 35.5. The van der Waals surface area contributed by atoms with Crippen molar-refractivity contribution in [2.75, 3.05) is 0 Å². The van der Waals surface area contributed by atoms with E-state index in [4.69, 9.17) is 21.1 Å². The number of carbonyl (C=O) groups excluding carboxylic acids is 1. The monoisotopic (exact) mass is 400 g/mol. The highest BCUT2D eigenvalue weighted by Gasteiger charge is 2.29. The van der Waals surface area contributed by atoms with E-state index in [0.29, 0.717) is 16.1 Å². The van der Waals surface area contributed by atoms with Crippen LogP contribution < -0.4 is 5.32 Å². The lowest BCUT2D eigenvalue weighted by atomic mass is 10.0. The smallest absolute Gasteiger partial charge is 0.334 e. The second-order valence-corrected chi connectivity index (χ2v) is 6.46. The molecule has 2 unspecified atom stereocenters. The van der Waals surface area contributed by atoms with Gasteiger partial charge in [0.05, 0.1) is 12.2 Å². The van der Waals surface area contributed by atoms with Gasteiger partial charge in [-0.15, -0.1) is 0 Å². The average Bonchev–Trinajstić information content (AvgIpc) is 3.19. The fourth-order valence-electron chi connectivity index (χ4n) is 2.65. The fraction of sp³-hybridized carbons (Fsp3) is 0.150. The molecule has 1 aromatic heterocycles. The van der Waals surface area contributed by atoms with E-state index < -0.39 is 24.0 Å². The normalized spacial score (nSPS) is 12.9. The first-order chi connectivity index (χ1) is 13.5. The number of carbonyl (C=O) groups is 2. The highest BCUT2D eigenvalue weighted by Crippen LogP contribution is 2.20. The van der Waals surface area contributed by atoms with Crippen molar-refractivity contribution in [3.8, 4) is 11.5 Å². The summed E-state index contributed by atoms with van der Waals surface area (Å²) in [5.74, 6) is -1.99. The standard InChI is InChI=1S/C20H17ClN2O5/c21-14-9-5-4-8-13(14)10-15(17(24)20(26)27)23-18(25)16-11-22-19(28-16)12-6-2-1-3-7-12/h1-9,11,15,17,24H,10H2,(H,23,25)(H,26,27). The number of halogens is 1. The molecule has 1 heterocycles. The molecular formula is C20H17ClN2O5. The van der Waals surface area contributed by atoms with E-state index in [-0.39, 0.29) is 18.1 Å². The van der Waals surface area contributed by atoms with Gasteiger partial charge < -0.3 is 19.9 Å². The number of aromatic nitrogens is 1. The van der Waals surface area contributed by atoms with Crippen molar-refractivity contribution in [3.05, 3.63) is 77.1 Å². The number of nitrogens with one attached hydrogen (secondary N) is 1. The topological polar surface area (TPSA) is 113 Å². The Bertz CT molecular complexity index is 973. The number of rotatable bonds is 7. The Hall–Kier alpha value is -3.16. The lowest BCUT2D eigenvalue weighted by Gasteiger charge is -2.21. The number of nitrogens with zero attached hydrogens (tertiary/aromatic N) is 1. The van der Waals surface area contributed by atoms with Crippen molar-refractivity contribution in [2.45, 2.75) is 18.6 Å². The second kappa shape index (κ2) is 8.69. The summed E-state index contributed by atoms with van der Waals surface area (Å²) in [7, 11) is 0. The van der Waals surface area contributed by atoms with E-state index in [2.05, 4.69) is 10.3 Å². The first kappa shape index (κ1) is 19.6. The molecule has 0 fully saturated rings. The minimum atomic E-state index is -1.82. The van der Waals surface area contributed by atoms with Crippen molar-refractivity contribution in [2.24, 2.45) is 0 Å². The fourth-order valence-corrected chi connectivity index (χ4v) is 2.86. The molecule has 1 amide bonds. The predicted molar refractivity (Wildman–Crippen MR) is 102 cm³/mol. The summed E-state index contributed by atoms with van der Waals surface area (Å²) in [5, 5.41) is 22.1. The molecule has 0 aliphatic carbocycles. The predicted octanol–water partition coefficient (Wildman–Crippen LogP) is 2.78. The minimum Gasteiger partial charge on any atom is -0.479 e. The quantitative estimate of drug-likeness (QED) is 0.562. The zero-order valence-corrected chi connectivity index (χ0v) is 15.3. The Labute approximate surface area is 165 Å². The van der Waals surface area contributed by atoms with Gasteiger partial charge in [-0.25, -0.2) is 9.78 Å². The summed E-state index contributed by atoms with van der Waals surface area (Å²) in [5.41, 5.74) is 1.29. The van der Waals surface area contributed by atoms with Gasteiger partial charge in [-0.3, -0.25) is 4.79 Å². The summed E-state index contributed by atoms with van der Waals surface area (Å²) in [6, 6.07) is 14.7. The Kier molecular flexibility index (Phi) is 6.08. The van der Waals surface area contributed by atoms with Gasteiger partial charge in [-0.1, -0.05) is 48.0 Å². The van der Waals surface area contributed by atoms with Crippen LogP contribution in [-0.2, 0) is 11.2 Å². The van der Waals surface area contributed by atoms with Gasteiger partial charge in [0.2, 0.25) is 11.7 Å². The molecule has 0 saturated heterocycles. The van der Waals surface area contributed by atoms with E-state index in [9.17, 15) is 14.7 Å². The molecule has 3 N–H and O–H groups in total. The molecule has 0 saturated carbocycles. The molecule has 28 heavy (non-hydrogen) atoms. The summed E-state index contributed by atoms with van der Waals surface area (Å²) in [6.45, 7) is 0. The number of carboxylic acid groups (broad SMARTS) is 1. The highest BCUT2D eigenvalue weighted by molar-refractivity contribution is 6.31. The van der Waals surface area contributed by atoms with Crippen LogP contribution in [0.15, 0.2) is 65.2 Å². The molecule has 0 bridgehead atoms. The Morgan fingerprint density at radius 3 is 2.46 bits per heavy atom. The van der Waals surface area contributed by atoms with E-state index >= 15 is 0 Å². The molecule has 0 aliphatic rings. The van der Waals surface area contributed by atoms with Gasteiger partial charge in [0.15, 0.2) is 6.10 Å². The third-order valence-corrected chi connectivity index (χ3v) is 4.47. The van der Waals surface area contributed by atoms with Gasteiger partial charge in [-0.05, 0) is 30.2 Å². The number of aliphatic carboxylic acids is 1. The maximum Gasteiger partial charge on any atom is 0.334 e. The van der Waals surface area contributed by atoms with Crippen molar-refractivity contribution in [1.82, 2.24) is 10.3 Å². The first-order valence-electron chi connectivity index (χ1n) is 8.42. The third kappa shape index (κ3) is 4.57. The second-order valence-electron chi connectivity index (χ2n) is 6.05. The van der Waals surface area contributed by atoms with Crippen molar-refractivity contribution in [3.63, 3.8) is 0 Å². The van der Waals surface area contributed by atoms with Crippen molar-refractivity contribution in [1.29, 1.82) is 0 Å². The average molecular weight is 401 g/mol. The zero-order chi connectivity index (χ0) is 20.1. The van der Waals surface area contributed by atoms with Crippen LogP contribution in [0.25, 0.3) is 11.5 Å². The first-order valence-corrected chi connectivity index (χ1v) is 8.80. The third-order valence-electron chi connectivity index (χ3n) is 4.10. The number of hydrogen-bond acceptors (Lipinski definition) is 5. The van der Waals surface area contributed by atoms with E-state index in [1.807, 2.05) is 18.2 Å². The van der Waals surface area contributed by atoms with Crippen molar-refractivity contribution < 1.29 is 24.2 Å². The molecule has 144 valence electrons. The molecule has 3 aromatic rings. The molecule has 0 aliphatic heterocycles. The Morgan fingerprint density at radius 1 is 1.11 bits per heavy atom. The summed E-state index contributed by atoms with van der Waals surface area (Å²) >= 11 is 6.11. The SMILES string of the molecule is O=C(NC(Cc1ccccc1Cl)C(O)C(=O)O)c1cnc(-c2ccccc2)o1. The van der Waals surface area contributed by atoms with Crippen LogP contribution in [0.1, 0.15) is 16.1 Å². The minimum absolute atomic E-state index is 0.0263. The van der Waals surface area contributed by atoms with Gasteiger partial charge in [0, 0.05) is 10.6 Å². The summed E-state index contributed by atoms with van der Waals surface area (Å²) in [4.78, 5) is 27.8. The van der Waals surface area contributed by atoms with E-state index in [0.717, 1.165) is 0 Å². The number of hydrogen-bond donors (Lipinski definition) is 3. The number of aliphatic hydroxyl groups excluding tert-OH is 1. The molecule has 0 spiro atoms. The molecule has 2 atom stereocenters. The van der Waals surface area contributed by atoms with Crippen LogP contribution >= 0.6 is 11.6 Å². The van der Waals surface area contributed by atoms with Crippen molar-refractivity contribution >= 4 is 23.5 Å². The molecule has 8 heteroatoms. The van der Waals surface area contributed by atoms with Crippen LogP contribution in [0.2, 0.25) is 5.02 Å². The van der Waals surface area contributed by atoms with E-state index in [1.54, 1.807) is 36.4 Å². The largest absolute Gasteiger partial charge is 0.479 e. The van der Waals surface area contributed by atoms with Gasteiger partial charge >= 0.3 is 5.97 Å². The molecule has 7 nitrogen and oxygen atoms in total.